The van der Waals surface area contributed by atoms with E-state index in [-0.39, 0.29) is 35.4 Å². The van der Waals surface area contributed by atoms with Gasteiger partial charge >= 0.3 is 5.97 Å². The molecule has 1 aliphatic rings. The van der Waals surface area contributed by atoms with Crippen LogP contribution >= 0.6 is 11.6 Å². The molecule has 0 fully saturated rings. The number of carbonyl (C=O) groups excluding carboxylic acids is 2. The lowest BCUT2D eigenvalue weighted by atomic mass is 9.84. The summed E-state index contributed by atoms with van der Waals surface area (Å²) in [5, 5.41) is 0.277. The van der Waals surface area contributed by atoms with Gasteiger partial charge in [0.05, 0.1) is 22.6 Å². The van der Waals surface area contributed by atoms with E-state index in [9.17, 15) is 14.0 Å². The second-order valence-electron chi connectivity index (χ2n) is 7.82. The SMILES string of the molecule is CCOC(=O)C(C)(C)CC1CC(=O)c2cc(OCc3c(F)cccc3Cl)ccc2O1. The second-order valence-corrected chi connectivity index (χ2v) is 8.23. The highest BCUT2D eigenvalue weighted by Crippen LogP contribution is 2.36. The molecule has 1 heterocycles. The van der Waals surface area contributed by atoms with Crippen molar-refractivity contribution in [3.8, 4) is 11.5 Å². The fraction of sp³-hybridized carbons (Fsp3) is 0.391. The highest BCUT2D eigenvalue weighted by Gasteiger charge is 2.36. The van der Waals surface area contributed by atoms with Gasteiger partial charge in [0.2, 0.25) is 0 Å². The Morgan fingerprint density at radius 1 is 1.30 bits per heavy atom. The molecule has 0 spiro atoms. The summed E-state index contributed by atoms with van der Waals surface area (Å²) in [6.07, 6.45) is 0.0906. The van der Waals surface area contributed by atoms with Crippen LogP contribution in [0.3, 0.4) is 0 Å². The highest BCUT2D eigenvalue weighted by molar-refractivity contribution is 6.31. The van der Waals surface area contributed by atoms with Crippen LogP contribution in [0, 0.1) is 11.2 Å². The van der Waals surface area contributed by atoms with Crippen LogP contribution in [0.2, 0.25) is 5.02 Å². The van der Waals surface area contributed by atoms with Crippen LogP contribution in [0.25, 0.3) is 0 Å². The standard InChI is InChI=1S/C23H24ClFO5/c1-4-28-22(27)23(2,3)12-15-11-20(26)16-10-14(8-9-21(16)30-15)29-13-17-18(24)6-5-7-19(17)25/h5-10,15H,4,11-13H2,1-3H3. The Hall–Kier alpha value is -2.60. The molecule has 0 bridgehead atoms. The van der Waals surface area contributed by atoms with E-state index >= 15 is 0 Å². The predicted octanol–water partition coefficient (Wildman–Crippen LogP) is 5.37. The Bertz CT molecular complexity index is 936. The molecule has 1 atom stereocenters. The van der Waals surface area contributed by atoms with Gasteiger partial charge in [-0.1, -0.05) is 17.7 Å². The summed E-state index contributed by atoms with van der Waals surface area (Å²) in [6.45, 7) is 5.55. The average molecular weight is 435 g/mol. The Labute approximate surface area is 180 Å². The van der Waals surface area contributed by atoms with E-state index < -0.39 is 17.3 Å². The predicted molar refractivity (Wildman–Crippen MR) is 111 cm³/mol. The van der Waals surface area contributed by atoms with Crippen molar-refractivity contribution in [1.82, 2.24) is 0 Å². The van der Waals surface area contributed by atoms with Crippen molar-refractivity contribution in [2.24, 2.45) is 5.41 Å². The molecule has 3 rings (SSSR count). The molecule has 0 saturated carbocycles. The second kappa shape index (κ2) is 9.04. The van der Waals surface area contributed by atoms with Crippen molar-refractivity contribution in [2.75, 3.05) is 6.61 Å². The van der Waals surface area contributed by atoms with E-state index in [4.69, 9.17) is 25.8 Å². The van der Waals surface area contributed by atoms with Gasteiger partial charge in [-0.05, 0) is 51.1 Å². The summed E-state index contributed by atoms with van der Waals surface area (Å²) in [7, 11) is 0. The number of halogens is 2. The van der Waals surface area contributed by atoms with Crippen LogP contribution in [0.15, 0.2) is 36.4 Å². The molecule has 7 heteroatoms. The normalized spacial score (nSPS) is 15.9. The molecule has 2 aromatic rings. The first-order valence-electron chi connectivity index (χ1n) is 9.78. The summed E-state index contributed by atoms with van der Waals surface area (Å²) in [4.78, 5) is 24.8. The first kappa shape index (κ1) is 22.1. The van der Waals surface area contributed by atoms with E-state index in [2.05, 4.69) is 0 Å². The summed E-state index contributed by atoms with van der Waals surface area (Å²) in [5.74, 6) is -0.0212. The molecule has 1 unspecified atom stereocenters. The van der Waals surface area contributed by atoms with E-state index in [0.29, 0.717) is 30.1 Å². The fourth-order valence-electron chi connectivity index (χ4n) is 3.38. The number of fused-ring (bicyclic) bond motifs is 1. The molecule has 2 aromatic carbocycles. The van der Waals surface area contributed by atoms with E-state index in [1.165, 1.54) is 12.1 Å². The summed E-state index contributed by atoms with van der Waals surface area (Å²) in [5.41, 5.74) is -0.112. The maximum atomic E-state index is 13.9. The zero-order valence-electron chi connectivity index (χ0n) is 17.2. The fourth-order valence-corrected chi connectivity index (χ4v) is 3.59. The Morgan fingerprint density at radius 2 is 2.07 bits per heavy atom. The number of rotatable bonds is 7. The molecular formula is C23H24ClFO5. The number of ketones is 1. The van der Waals surface area contributed by atoms with Gasteiger partial charge in [0.15, 0.2) is 5.78 Å². The van der Waals surface area contributed by atoms with Gasteiger partial charge in [-0.15, -0.1) is 0 Å². The molecule has 160 valence electrons. The molecule has 5 nitrogen and oxygen atoms in total. The number of ether oxygens (including phenoxy) is 3. The van der Waals surface area contributed by atoms with Gasteiger partial charge in [0, 0.05) is 18.4 Å². The van der Waals surface area contributed by atoms with Crippen molar-refractivity contribution >= 4 is 23.4 Å². The van der Waals surface area contributed by atoms with E-state index in [1.807, 2.05) is 0 Å². The van der Waals surface area contributed by atoms with Crippen LogP contribution in [-0.2, 0) is 16.1 Å². The van der Waals surface area contributed by atoms with Crippen molar-refractivity contribution in [3.63, 3.8) is 0 Å². The number of carbonyl (C=O) groups is 2. The third-order valence-electron chi connectivity index (χ3n) is 4.97. The Balaban J connectivity index is 1.70. The summed E-state index contributed by atoms with van der Waals surface area (Å²) in [6, 6.07) is 9.31. The van der Waals surface area contributed by atoms with Crippen LogP contribution in [0.4, 0.5) is 4.39 Å². The molecule has 0 saturated heterocycles. The molecule has 1 aliphatic heterocycles. The van der Waals surface area contributed by atoms with Crippen molar-refractivity contribution < 1.29 is 28.2 Å². The molecule has 0 aliphatic carbocycles. The minimum absolute atomic E-state index is 0.0598. The number of benzene rings is 2. The molecule has 0 N–H and O–H groups in total. The Kier molecular flexibility index (Phi) is 6.66. The first-order valence-corrected chi connectivity index (χ1v) is 10.2. The quantitative estimate of drug-likeness (QED) is 0.548. The van der Waals surface area contributed by atoms with Crippen molar-refractivity contribution in [3.05, 3.63) is 58.4 Å². The number of hydrogen-bond acceptors (Lipinski definition) is 5. The number of esters is 1. The highest BCUT2D eigenvalue weighted by atomic mass is 35.5. The van der Waals surface area contributed by atoms with Crippen LogP contribution in [0.1, 0.15) is 49.5 Å². The lowest BCUT2D eigenvalue weighted by molar-refractivity contribution is -0.155. The smallest absolute Gasteiger partial charge is 0.311 e. The topological polar surface area (TPSA) is 61.8 Å². The maximum Gasteiger partial charge on any atom is 0.311 e. The molecular weight excluding hydrogens is 411 g/mol. The minimum Gasteiger partial charge on any atom is -0.489 e. The Morgan fingerprint density at radius 3 is 2.77 bits per heavy atom. The molecule has 0 amide bonds. The van der Waals surface area contributed by atoms with Gasteiger partial charge in [-0.2, -0.15) is 0 Å². The van der Waals surface area contributed by atoms with Crippen molar-refractivity contribution in [2.45, 2.75) is 46.3 Å². The third-order valence-corrected chi connectivity index (χ3v) is 5.32. The van der Waals surface area contributed by atoms with E-state index in [1.54, 1.807) is 45.0 Å². The summed E-state index contributed by atoms with van der Waals surface area (Å²) >= 11 is 6.02. The average Bonchev–Trinajstić information content (AvgIpc) is 2.68. The largest absolute Gasteiger partial charge is 0.489 e. The molecule has 0 aromatic heterocycles. The summed E-state index contributed by atoms with van der Waals surface area (Å²) < 4.78 is 30.6. The zero-order chi connectivity index (χ0) is 21.9. The van der Waals surface area contributed by atoms with E-state index in [0.717, 1.165) is 0 Å². The maximum absolute atomic E-state index is 13.9. The lowest BCUT2D eigenvalue weighted by Gasteiger charge is -2.31. The van der Waals surface area contributed by atoms with Gasteiger partial charge in [-0.25, -0.2) is 4.39 Å². The lowest BCUT2D eigenvalue weighted by Crippen LogP contribution is -2.36. The van der Waals surface area contributed by atoms with Gasteiger partial charge < -0.3 is 14.2 Å². The third kappa shape index (κ3) is 4.93. The van der Waals surface area contributed by atoms with Crippen LogP contribution in [0.5, 0.6) is 11.5 Å². The monoisotopic (exact) mass is 434 g/mol. The van der Waals surface area contributed by atoms with Crippen LogP contribution < -0.4 is 9.47 Å². The zero-order valence-corrected chi connectivity index (χ0v) is 17.9. The molecule has 0 radical (unpaired) electrons. The van der Waals surface area contributed by atoms with Gasteiger partial charge in [0.1, 0.15) is 30.0 Å². The first-order chi connectivity index (χ1) is 14.2. The van der Waals surface area contributed by atoms with Gasteiger partial charge in [-0.3, -0.25) is 9.59 Å². The number of Topliss-reactive ketones (excluding diaryl/α,β-unsaturated/α-hetero) is 1. The van der Waals surface area contributed by atoms with Crippen LogP contribution in [-0.4, -0.2) is 24.5 Å². The molecule has 30 heavy (non-hydrogen) atoms. The minimum atomic E-state index is -0.763. The number of hydrogen-bond donors (Lipinski definition) is 0. The van der Waals surface area contributed by atoms with Crippen molar-refractivity contribution in [1.29, 1.82) is 0 Å². The van der Waals surface area contributed by atoms with Gasteiger partial charge in [0.25, 0.3) is 0 Å².